The maximum Gasteiger partial charge on any atom is 0.280 e. The van der Waals surface area contributed by atoms with Gasteiger partial charge in [-0.2, -0.15) is 0 Å². The van der Waals surface area contributed by atoms with Crippen LogP contribution in [-0.4, -0.2) is 21.0 Å². The molecule has 0 fully saturated rings. The van der Waals surface area contributed by atoms with Crippen LogP contribution in [0.15, 0.2) is 16.9 Å². The van der Waals surface area contributed by atoms with E-state index in [2.05, 4.69) is 20.4 Å². The number of rotatable bonds is 4. The average Bonchev–Trinajstić information content (AvgIpc) is 2.78. The minimum atomic E-state index is -2.76. The summed E-state index contributed by atoms with van der Waals surface area (Å²) >= 11 is 0. The molecule has 2 aromatic heterocycles. The normalized spacial score (nSPS) is 11.8. The molecule has 0 aromatic carbocycles. The van der Waals surface area contributed by atoms with Gasteiger partial charge in [-0.05, 0) is 33.8 Å². The van der Waals surface area contributed by atoms with E-state index in [0.29, 0.717) is 11.5 Å². The topological polar surface area (TPSA) is 80.9 Å². The van der Waals surface area contributed by atoms with Gasteiger partial charge in [-0.1, -0.05) is 5.16 Å². The van der Waals surface area contributed by atoms with Gasteiger partial charge in [-0.15, -0.1) is 0 Å². The Kier molecular flexibility index (Phi) is 4.20. The third kappa shape index (κ3) is 3.10. The fourth-order valence-corrected chi connectivity index (χ4v) is 2.40. The Morgan fingerprint density at radius 1 is 1.32 bits per heavy atom. The van der Waals surface area contributed by atoms with Crippen molar-refractivity contribution in [3.8, 4) is 0 Å². The Bertz CT molecular complexity index is 678. The number of nitrogens with zero attached hydrogens (tertiary/aromatic N) is 3. The number of carbonyl (C=O) groups is 1. The minimum absolute atomic E-state index is 0.120. The highest BCUT2D eigenvalue weighted by molar-refractivity contribution is 5.92. The predicted molar refractivity (Wildman–Crippen MR) is 73.5 cm³/mol. The molecule has 118 valence electrons. The first-order valence-electron chi connectivity index (χ1n) is 6.58. The molecule has 1 amide bonds. The molecule has 0 aliphatic heterocycles. The second kappa shape index (κ2) is 5.78. The van der Waals surface area contributed by atoms with Crippen molar-refractivity contribution in [2.75, 3.05) is 0 Å². The smallest absolute Gasteiger partial charge is 0.280 e. The molecule has 0 aliphatic carbocycles. The highest BCUT2D eigenvalue weighted by Gasteiger charge is 2.30. The van der Waals surface area contributed by atoms with Crippen molar-refractivity contribution in [3.05, 3.63) is 40.8 Å². The second-order valence-electron chi connectivity index (χ2n) is 5.41. The van der Waals surface area contributed by atoms with Crippen molar-refractivity contribution in [2.45, 2.75) is 39.7 Å². The standard InChI is InChI=1S/C14H16F2N4O2/c1-7-11(8(2)22-20-7)14(3,4)19-13(21)10-5-9(12(15)16)17-6-18-10/h5-6,12H,1-4H3,(H,19,21). The number of aromatic nitrogens is 3. The molecule has 22 heavy (non-hydrogen) atoms. The monoisotopic (exact) mass is 310 g/mol. The Morgan fingerprint density at radius 2 is 2.00 bits per heavy atom. The molecule has 8 heteroatoms. The van der Waals surface area contributed by atoms with Crippen LogP contribution in [0.3, 0.4) is 0 Å². The molecule has 0 radical (unpaired) electrons. The lowest BCUT2D eigenvalue weighted by Gasteiger charge is -2.26. The summed E-state index contributed by atoms with van der Waals surface area (Å²) in [6, 6.07) is 0.976. The number of hydrogen-bond donors (Lipinski definition) is 1. The number of halogens is 2. The van der Waals surface area contributed by atoms with E-state index >= 15 is 0 Å². The Labute approximate surface area is 125 Å². The van der Waals surface area contributed by atoms with Crippen molar-refractivity contribution in [3.63, 3.8) is 0 Å². The van der Waals surface area contributed by atoms with Crippen LogP contribution >= 0.6 is 0 Å². The van der Waals surface area contributed by atoms with E-state index in [1.807, 2.05) is 0 Å². The van der Waals surface area contributed by atoms with Crippen LogP contribution in [0.25, 0.3) is 0 Å². The molecular weight excluding hydrogens is 294 g/mol. The van der Waals surface area contributed by atoms with Gasteiger partial charge in [-0.25, -0.2) is 18.7 Å². The van der Waals surface area contributed by atoms with E-state index in [4.69, 9.17) is 4.52 Å². The molecule has 2 heterocycles. The summed E-state index contributed by atoms with van der Waals surface area (Å²) < 4.78 is 30.4. The summed E-state index contributed by atoms with van der Waals surface area (Å²) in [6.07, 6.45) is -1.82. The van der Waals surface area contributed by atoms with Crippen molar-refractivity contribution in [1.29, 1.82) is 0 Å². The van der Waals surface area contributed by atoms with Crippen LogP contribution in [0, 0.1) is 13.8 Å². The summed E-state index contributed by atoms with van der Waals surface area (Å²) in [4.78, 5) is 19.4. The molecule has 0 atom stereocenters. The molecular formula is C14H16F2N4O2. The van der Waals surface area contributed by atoms with Crippen LogP contribution in [0.4, 0.5) is 8.78 Å². The summed E-state index contributed by atoms with van der Waals surface area (Å²) in [5.74, 6) is 0.00746. The molecule has 0 aliphatic rings. The van der Waals surface area contributed by atoms with Crippen molar-refractivity contribution in [2.24, 2.45) is 0 Å². The van der Waals surface area contributed by atoms with Crippen LogP contribution in [0.1, 0.15) is 53.5 Å². The van der Waals surface area contributed by atoms with Gasteiger partial charge in [0, 0.05) is 5.56 Å². The number of amides is 1. The van der Waals surface area contributed by atoms with E-state index in [0.717, 1.165) is 18.0 Å². The lowest BCUT2D eigenvalue weighted by molar-refractivity contribution is 0.0905. The highest BCUT2D eigenvalue weighted by atomic mass is 19.3. The summed E-state index contributed by atoms with van der Waals surface area (Å²) in [6.45, 7) is 7.04. The van der Waals surface area contributed by atoms with E-state index in [9.17, 15) is 13.6 Å². The van der Waals surface area contributed by atoms with Gasteiger partial charge < -0.3 is 9.84 Å². The number of aryl methyl sites for hydroxylation is 2. The molecule has 0 bridgehead atoms. The molecule has 2 aromatic rings. The number of carbonyl (C=O) groups excluding carboxylic acids is 1. The van der Waals surface area contributed by atoms with Crippen LogP contribution in [0.5, 0.6) is 0 Å². The van der Waals surface area contributed by atoms with Crippen LogP contribution in [0.2, 0.25) is 0 Å². The summed E-state index contributed by atoms with van der Waals surface area (Å²) in [7, 11) is 0. The first-order valence-corrected chi connectivity index (χ1v) is 6.58. The van der Waals surface area contributed by atoms with E-state index in [1.54, 1.807) is 27.7 Å². The van der Waals surface area contributed by atoms with E-state index in [-0.39, 0.29) is 5.69 Å². The highest BCUT2D eigenvalue weighted by Crippen LogP contribution is 2.27. The maximum atomic E-state index is 12.6. The summed E-state index contributed by atoms with van der Waals surface area (Å²) in [5, 5.41) is 6.60. The van der Waals surface area contributed by atoms with Crippen molar-refractivity contribution in [1.82, 2.24) is 20.4 Å². The average molecular weight is 310 g/mol. The molecule has 2 rings (SSSR count). The third-order valence-electron chi connectivity index (χ3n) is 3.23. The zero-order valence-electron chi connectivity index (χ0n) is 12.6. The van der Waals surface area contributed by atoms with Gasteiger partial charge in [0.25, 0.3) is 12.3 Å². The molecule has 6 nitrogen and oxygen atoms in total. The molecule has 0 unspecified atom stereocenters. The molecule has 0 saturated heterocycles. The first-order chi connectivity index (χ1) is 10.2. The molecule has 0 saturated carbocycles. The van der Waals surface area contributed by atoms with Crippen molar-refractivity contribution < 1.29 is 18.1 Å². The number of hydrogen-bond acceptors (Lipinski definition) is 5. The lowest BCUT2D eigenvalue weighted by atomic mass is 9.92. The zero-order valence-corrected chi connectivity index (χ0v) is 12.6. The largest absolute Gasteiger partial charge is 0.361 e. The van der Waals surface area contributed by atoms with E-state index in [1.165, 1.54) is 0 Å². The SMILES string of the molecule is Cc1noc(C)c1C(C)(C)NC(=O)c1cc(C(F)F)ncn1. The van der Waals surface area contributed by atoms with Gasteiger partial charge in [0.2, 0.25) is 0 Å². The Balaban J connectivity index is 2.26. The van der Waals surface area contributed by atoms with Gasteiger partial charge >= 0.3 is 0 Å². The van der Waals surface area contributed by atoms with E-state index < -0.39 is 23.6 Å². The number of alkyl halides is 2. The Morgan fingerprint density at radius 3 is 2.55 bits per heavy atom. The first kappa shape index (κ1) is 16.0. The summed E-state index contributed by atoms with van der Waals surface area (Å²) in [5.41, 5.74) is -0.00976. The van der Waals surface area contributed by atoms with Crippen LogP contribution < -0.4 is 5.32 Å². The molecule has 1 N–H and O–H groups in total. The zero-order chi connectivity index (χ0) is 16.5. The Hall–Kier alpha value is -2.38. The maximum absolute atomic E-state index is 12.6. The van der Waals surface area contributed by atoms with Gasteiger partial charge in [0.05, 0.1) is 11.2 Å². The van der Waals surface area contributed by atoms with Gasteiger partial charge in [0.1, 0.15) is 23.5 Å². The fraction of sp³-hybridized carbons (Fsp3) is 0.429. The quantitative estimate of drug-likeness (QED) is 0.939. The minimum Gasteiger partial charge on any atom is -0.361 e. The third-order valence-corrected chi connectivity index (χ3v) is 3.23. The van der Waals surface area contributed by atoms with Gasteiger partial charge in [0.15, 0.2) is 0 Å². The predicted octanol–water partition coefficient (Wildman–Crippen LogP) is 2.68. The molecule has 0 spiro atoms. The van der Waals surface area contributed by atoms with Crippen LogP contribution in [-0.2, 0) is 5.54 Å². The van der Waals surface area contributed by atoms with Crippen molar-refractivity contribution >= 4 is 5.91 Å². The lowest BCUT2D eigenvalue weighted by Crippen LogP contribution is -2.42. The second-order valence-corrected chi connectivity index (χ2v) is 5.41. The van der Waals surface area contributed by atoms with Gasteiger partial charge in [-0.3, -0.25) is 4.79 Å². The number of nitrogens with one attached hydrogen (secondary N) is 1. The fourth-order valence-electron chi connectivity index (χ4n) is 2.40.